The van der Waals surface area contributed by atoms with Gasteiger partial charge in [0.05, 0.1) is 70.4 Å². The van der Waals surface area contributed by atoms with Gasteiger partial charge in [-0.2, -0.15) is 0 Å². The number of amides is 8. The topological polar surface area (TPSA) is 415 Å². The van der Waals surface area contributed by atoms with Crippen LogP contribution in [0.3, 0.4) is 0 Å². The normalized spacial score (nSPS) is 24.9. The van der Waals surface area contributed by atoms with Crippen LogP contribution >= 0.6 is 0 Å². The van der Waals surface area contributed by atoms with E-state index in [0.717, 1.165) is 65.4 Å². The van der Waals surface area contributed by atoms with Gasteiger partial charge >= 0.3 is 11.9 Å². The molecule has 34 heteroatoms. The summed E-state index contributed by atoms with van der Waals surface area (Å²) in [6, 6.07) is 15.5. The lowest BCUT2D eigenvalue weighted by atomic mass is 9.83. The zero-order valence-electron chi connectivity index (χ0n) is 81.9. The molecule has 6 N–H and O–H groups in total. The Morgan fingerprint density at radius 2 is 1.02 bits per heavy atom. The highest BCUT2D eigenvalue weighted by Gasteiger charge is 2.49. The van der Waals surface area contributed by atoms with E-state index >= 15 is 9.59 Å². The van der Waals surface area contributed by atoms with Gasteiger partial charge in [0, 0.05) is 88.2 Å². The van der Waals surface area contributed by atoms with Crippen LogP contribution in [0.2, 0.25) is 0 Å². The van der Waals surface area contributed by atoms with E-state index in [9.17, 15) is 52.7 Å². The summed E-state index contributed by atoms with van der Waals surface area (Å²) in [7, 11) is 16.8. The lowest BCUT2D eigenvalue weighted by Gasteiger charge is -2.37. The number of hydrogen-bond acceptors (Lipinski definition) is 26. The van der Waals surface area contributed by atoms with Crippen molar-refractivity contribution in [3.63, 3.8) is 0 Å². The van der Waals surface area contributed by atoms with Crippen LogP contribution in [-0.4, -0.2) is 251 Å². The fourth-order valence-corrected chi connectivity index (χ4v) is 20.4. The summed E-state index contributed by atoms with van der Waals surface area (Å²) < 4.78 is 55.4. The first kappa shape index (κ1) is 101. The Kier molecular flexibility index (Phi) is 31.0. The second kappa shape index (κ2) is 41.9. The van der Waals surface area contributed by atoms with Crippen molar-refractivity contribution in [1.82, 2.24) is 55.7 Å². The minimum absolute atomic E-state index is 0.000437. The van der Waals surface area contributed by atoms with E-state index in [1.165, 1.54) is 93.1 Å². The van der Waals surface area contributed by atoms with Crippen molar-refractivity contribution in [3.05, 3.63) is 139 Å². The lowest BCUT2D eigenvalue weighted by Crippen LogP contribution is -2.59. The molecule has 7 aliphatic heterocycles. The van der Waals surface area contributed by atoms with Crippen LogP contribution in [0.5, 0.6) is 46.0 Å². The number of ether oxygens (including phenoxy) is 8. The Morgan fingerprint density at radius 3 is 1.54 bits per heavy atom. The molecule has 8 amide bonds. The third kappa shape index (κ3) is 20.4. The van der Waals surface area contributed by atoms with Crippen molar-refractivity contribution in [3.8, 4) is 57.5 Å². The van der Waals surface area contributed by atoms with Crippen LogP contribution in [0.4, 0.5) is 5.69 Å². The smallest absolute Gasteiger partial charge is 0.329 e. The Hall–Kier alpha value is -12.7. The molecule has 730 valence electrons. The number of nitrogens with one attached hydrogen (secondary N) is 4. The van der Waals surface area contributed by atoms with E-state index in [1.807, 2.05) is 18.2 Å². The van der Waals surface area contributed by atoms with Gasteiger partial charge < -0.3 is 88.9 Å². The van der Waals surface area contributed by atoms with Crippen molar-refractivity contribution in [2.24, 2.45) is 47.3 Å². The second-order valence-corrected chi connectivity index (χ2v) is 38.7. The number of methoxy groups -OCH3 is 4. The standard InChI is InChI=1S/C64H88N10O16.C38H42N2O6/c1-27(2)44-53(78)35-19-17-21-37(35)61(84)71(13)25-40(75)73(15)50(29(5)6)63(86)88-33(11)46(59(82)67-44)69-57(80)39-24-23-31(9)55-48(39)66-49-42(43(65)52(77)32(10)56(49)90-55)58(81)70-47-34(12)89-64(87)51(30(7)8)74(16)41(76)26-72(14)62(85)38-22-18-20-36(38)54(79)45(28(3)4)68-60(47)83;1-39-15-13-25-20-32(42-4)34-22-28(25)29(39)17-23-7-10-27(11-8-23)45-33-19-24(9-12-31(33)41-3)18-30-36-26(14-16-40(30)2)21-35(43-5)37(44-6)38(36)46-34/h23-24,27-30,33-38,44-47,50-51H,17-22,25-26,65H2,1-16H3,(H,67,82)(H,68,83)(H,69,80)(H,70,81);7-12,19-22,29-30H,13-18H2,1-6H3. The largest absolute Gasteiger partial charge is 0.493 e. The molecule has 4 fully saturated rings. The highest BCUT2D eigenvalue weighted by molar-refractivity contribution is 6.11. The first-order valence-corrected chi connectivity index (χ1v) is 46.9. The molecule has 34 nitrogen and oxygen atoms in total. The number of hydrogen-bond donors (Lipinski definition) is 5. The molecular formula is C102H130N12O22. The number of nitrogens with two attached hydrogens (primary N) is 1. The van der Waals surface area contributed by atoms with Crippen LogP contribution < -0.4 is 60.9 Å². The highest BCUT2D eigenvalue weighted by Crippen LogP contribution is 2.53. The minimum Gasteiger partial charge on any atom is -0.493 e. The summed E-state index contributed by atoms with van der Waals surface area (Å²) in [5.74, 6) is -9.48. The number of nitrogen functional groups attached to an aromatic ring is 1. The molecule has 15 rings (SSSR count). The monoisotopic (exact) mass is 1870 g/mol. The number of aromatic nitrogens is 1. The number of carbonyl (C=O) groups excluding carboxylic acids is 12. The number of likely N-dealkylation sites (N-methyl/N-ethyl adjacent to an activating group) is 6. The average Bonchev–Trinajstić information content (AvgIpc) is 0.937. The first-order chi connectivity index (χ1) is 64.5. The fourth-order valence-electron chi connectivity index (χ4n) is 20.4. The molecule has 2 saturated carbocycles. The molecule has 5 aromatic carbocycles. The number of nitrogens with zero attached hydrogens (tertiary/aromatic N) is 7. The summed E-state index contributed by atoms with van der Waals surface area (Å²) >= 11 is 0. The van der Waals surface area contributed by atoms with Crippen molar-refractivity contribution in [2.75, 3.05) is 103 Å². The Labute approximate surface area is 793 Å². The molecule has 14 atom stereocenters. The zero-order valence-corrected chi connectivity index (χ0v) is 81.9. The van der Waals surface area contributed by atoms with Crippen molar-refractivity contribution in [1.29, 1.82) is 0 Å². The van der Waals surface area contributed by atoms with E-state index < -0.39 is 196 Å². The zero-order chi connectivity index (χ0) is 98.9. The predicted octanol–water partition coefficient (Wildman–Crippen LogP) is 9.88. The van der Waals surface area contributed by atoms with Crippen LogP contribution in [0, 0.1) is 61.2 Å². The molecule has 0 radical (unpaired) electrons. The Balaban J connectivity index is 0.000000282. The summed E-state index contributed by atoms with van der Waals surface area (Å²) in [6.07, 6.45) is 2.72. The van der Waals surface area contributed by atoms with Gasteiger partial charge in [-0.3, -0.25) is 62.5 Å². The number of esters is 2. The quantitative estimate of drug-likeness (QED) is 0.0431. The number of fused-ring (bicyclic) bond motifs is 6. The summed E-state index contributed by atoms with van der Waals surface area (Å²) in [6.45, 7) is 20.1. The molecule has 10 aliphatic rings. The van der Waals surface area contributed by atoms with Crippen molar-refractivity contribution >= 4 is 87.5 Å². The van der Waals surface area contributed by atoms with Crippen LogP contribution in [0.1, 0.15) is 185 Å². The summed E-state index contributed by atoms with van der Waals surface area (Å²) in [5.41, 5.74) is 10.8. The first-order valence-electron chi connectivity index (χ1n) is 46.9. The molecule has 0 aromatic heterocycles. The fraction of sp³-hybridized carbons (Fsp3) is 0.529. The average molecular weight is 1880 g/mol. The van der Waals surface area contributed by atoms with Gasteiger partial charge in [0.15, 0.2) is 57.4 Å². The molecule has 14 unspecified atom stereocenters. The van der Waals surface area contributed by atoms with E-state index in [2.05, 4.69) is 87.6 Å². The summed E-state index contributed by atoms with van der Waals surface area (Å²) in [4.78, 5) is 202. The number of carbonyl (C=O) groups is 12. The van der Waals surface area contributed by atoms with E-state index in [4.69, 9.17) is 53.0 Å². The number of Topliss-reactive ketones (excluding diaryl/α,β-unsaturated/α-hetero) is 2. The summed E-state index contributed by atoms with van der Waals surface area (Å²) in [5, 5.41) is 10.8. The molecule has 7 heterocycles. The molecule has 136 heavy (non-hydrogen) atoms. The van der Waals surface area contributed by atoms with Gasteiger partial charge in [-0.25, -0.2) is 14.6 Å². The maximum Gasteiger partial charge on any atom is 0.329 e. The van der Waals surface area contributed by atoms with Gasteiger partial charge in [-0.15, -0.1) is 0 Å². The van der Waals surface area contributed by atoms with Gasteiger partial charge in [-0.1, -0.05) is 92.5 Å². The van der Waals surface area contributed by atoms with E-state index in [1.54, 1.807) is 90.8 Å². The van der Waals surface area contributed by atoms with Crippen LogP contribution in [0.15, 0.2) is 82.0 Å². The Morgan fingerprint density at radius 1 is 0.537 bits per heavy atom. The number of benzene rings is 6. The maximum absolute atomic E-state index is 15.2. The molecule has 0 spiro atoms. The van der Waals surface area contributed by atoms with Crippen molar-refractivity contribution in [2.45, 2.75) is 208 Å². The van der Waals surface area contributed by atoms with Gasteiger partial charge in [0.1, 0.15) is 53.3 Å². The van der Waals surface area contributed by atoms with Crippen molar-refractivity contribution < 1.29 is 99.8 Å². The lowest BCUT2D eigenvalue weighted by molar-refractivity contribution is -0.163. The molecular weight excluding hydrogens is 1750 g/mol. The molecule has 3 aliphatic carbocycles. The van der Waals surface area contributed by atoms with Gasteiger partial charge in [-0.05, 0) is 199 Å². The van der Waals surface area contributed by atoms with E-state index in [-0.39, 0.29) is 45.8 Å². The number of anilines is 1. The van der Waals surface area contributed by atoms with E-state index in [0.29, 0.717) is 84.3 Å². The third-order valence-electron chi connectivity index (χ3n) is 28.2. The minimum atomic E-state index is -1.86. The molecule has 2 saturated heterocycles. The van der Waals surface area contributed by atoms with Gasteiger partial charge in [0.2, 0.25) is 46.6 Å². The SMILES string of the molecule is COc1ccc2cc1Oc1ccc(cc1)CC1c3cc(c(OC)cc3CCN1C)Oc1c(OC)c(OC)cc3c1C(C2)N(C)CC3.Cc1c2oc3c(C)ccc(C(=O)NC4C(=O)NC(C(C)C)C(=O)C5CCCC5C(=O)N(C)CC(=O)N(C)C(C(C)C)C(=O)OC4C)c3nc-2c(C(=O)NC2C(=O)NC(C(C)C)C(=O)C3CCCC3C(=O)N(C)CC(=O)N(C)C(C(C)C)C(=O)OC2C)c(N)c1=O. The number of ketones is 2. The number of aryl methyl sites for hydroxylation is 1. The number of rotatable bonds is 12. The Bertz CT molecular complexity index is 5830. The second-order valence-electron chi connectivity index (χ2n) is 38.7. The van der Waals surface area contributed by atoms with Crippen LogP contribution in [-0.2, 0) is 83.1 Å². The molecule has 6 bridgehead atoms. The maximum atomic E-state index is 15.2. The van der Waals surface area contributed by atoms with Gasteiger partial charge in [0.25, 0.3) is 11.8 Å². The number of cyclic esters (lactones) is 2. The third-order valence-corrected chi connectivity index (χ3v) is 28.2. The predicted molar refractivity (Wildman–Crippen MR) is 505 cm³/mol. The van der Waals surface area contributed by atoms with Crippen LogP contribution in [0.25, 0.3) is 22.6 Å². The molecule has 5 aromatic rings. The highest BCUT2D eigenvalue weighted by atomic mass is 16.6.